The molecular weight excluding hydrogens is 338 g/mol. The number of piperidine rings is 1. The van der Waals surface area contributed by atoms with E-state index < -0.39 is 10.0 Å². The summed E-state index contributed by atoms with van der Waals surface area (Å²) in [6.07, 6.45) is 6.76. The number of hydrogen-bond acceptors (Lipinski definition) is 4. The lowest BCUT2D eigenvalue weighted by molar-refractivity contribution is 0.319. The molecule has 1 saturated heterocycles. The molecule has 2 aromatic heterocycles. The number of aromatic nitrogens is 4. The zero-order valence-corrected chi connectivity index (χ0v) is 14.8. The third-order valence-electron chi connectivity index (χ3n) is 4.31. The van der Waals surface area contributed by atoms with Gasteiger partial charge in [0, 0.05) is 32.9 Å². The summed E-state index contributed by atoms with van der Waals surface area (Å²) in [5, 5.41) is 8.40. The van der Waals surface area contributed by atoms with Crippen molar-refractivity contribution < 1.29 is 8.42 Å². The molecule has 0 atom stereocenters. The van der Waals surface area contributed by atoms with E-state index in [0.29, 0.717) is 25.6 Å². The first-order chi connectivity index (χ1) is 10.9. The van der Waals surface area contributed by atoms with E-state index in [0.717, 1.165) is 12.8 Å². The number of aryl methyl sites for hydroxylation is 2. The number of halogens is 1. The van der Waals surface area contributed by atoms with Crippen molar-refractivity contribution >= 4 is 21.6 Å². The monoisotopic (exact) mass is 357 g/mol. The van der Waals surface area contributed by atoms with Crippen LogP contribution in [-0.4, -0.2) is 45.4 Å². The van der Waals surface area contributed by atoms with Crippen molar-refractivity contribution in [3.8, 4) is 0 Å². The molecule has 1 aliphatic rings. The minimum atomic E-state index is -3.59. The molecule has 0 aromatic carbocycles. The lowest BCUT2D eigenvalue weighted by atomic mass is 9.93. The maximum absolute atomic E-state index is 12.8. The van der Waals surface area contributed by atoms with Gasteiger partial charge >= 0.3 is 0 Å². The summed E-state index contributed by atoms with van der Waals surface area (Å²) in [6.45, 7) is 3.37. The second kappa shape index (κ2) is 6.26. The molecule has 0 bridgehead atoms. The average Bonchev–Trinajstić information content (AvgIpc) is 3.13. The van der Waals surface area contributed by atoms with Crippen molar-refractivity contribution in [3.05, 3.63) is 29.3 Å². The van der Waals surface area contributed by atoms with Crippen molar-refractivity contribution in [2.75, 3.05) is 13.1 Å². The van der Waals surface area contributed by atoms with Gasteiger partial charge in [-0.25, -0.2) is 8.42 Å². The van der Waals surface area contributed by atoms with E-state index in [1.807, 2.05) is 26.4 Å². The van der Waals surface area contributed by atoms with Crippen LogP contribution in [0.1, 0.15) is 31.2 Å². The van der Waals surface area contributed by atoms with E-state index in [9.17, 15) is 8.42 Å². The third-order valence-corrected chi connectivity index (χ3v) is 6.72. The predicted octanol–water partition coefficient (Wildman–Crippen LogP) is 1.86. The number of sulfonamides is 1. The highest BCUT2D eigenvalue weighted by Gasteiger charge is 2.33. The molecule has 3 heterocycles. The van der Waals surface area contributed by atoms with Gasteiger partial charge in [-0.05, 0) is 31.2 Å². The van der Waals surface area contributed by atoms with Gasteiger partial charge in [-0.15, -0.1) is 0 Å². The first kappa shape index (κ1) is 16.5. The maximum atomic E-state index is 12.8. The molecule has 7 nitrogen and oxygen atoms in total. The van der Waals surface area contributed by atoms with Crippen LogP contribution >= 0.6 is 11.6 Å². The lowest BCUT2D eigenvalue weighted by Crippen LogP contribution is -2.37. The predicted molar refractivity (Wildman–Crippen MR) is 86.9 cm³/mol. The topological polar surface area (TPSA) is 73.0 Å². The molecule has 0 N–H and O–H groups in total. The van der Waals surface area contributed by atoms with Crippen molar-refractivity contribution in [1.29, 1.82) is 0 Å². The Kier molecular flexibility index (Phi) is 4.48. The SMILES string of the molecule is CCn1ncc(S(=O)(=O)N2CCC(c3cnn(C)c3)CC2)c1Cl. The molecule has 0 radical (unpaired) electrons. The molecule has 0 amide bonds. The van der Waals surface area contributed by atoms with Gasteiger partial charge in [-0.2, -0.15) is 14.5 Å². The van der Waals surface area contributed by atoms with E-state index in [-0.39, 0.29) is 10.0 Å². The van der Waals surface area contributed by atoms with Crippen molar-refractivity contribution in [2.45, 2.75) is 37.1 Å². The molecule has 2 aromatic rings. The van der Waals surface area contributed by atoms with E-state index in [1.165, 1.54) is 20.7 Å². The fourth-order valence-corrected chi connectivity index (χ4v) is 4.94. The minimum absolute atomic E-state index is 0.0980. The summed E-state index contributed by atoms with van der Waals surface area (Å²) in [6, 6.07) is 0. The van der Waals surface area contributed by atoms with Crippen LogP contribution in [0.3, 0.4) is 0 Å². The Morgan fingerprint density at radius 3 is 2.48 bits per heavy atom. The normalized spacial score (nSPS) is 17.7. The summed E-state index contributed by atoms with van der Waals surface area (Å²) in [7, 11) is -1.70. The number of hydrogen-bond donors (Lipinski definition) is 0. The molecule has 1 fully saturated rings. The Balaban J connectivity index is 1.74. The van der Waals surface area contributed by atoms with Crippen molar-refractivity contribution in [1.82, 2.24) is 23.9 Å². The molecule has 126 valence electrons. The van der Waals surface area contributed by atoms with Crippen LogP contribution in [0, 0.1) is 0 Å². The van der Waals surface area contributed by atoms with Gasteiger partial charge in [-0.3, -0.25) is 9.36 Å². The second-order valence-electron chi connectivity index (χ2n) is 5.74. The number of nitrogens with zero attached hydrogens (tertiary/aromatic N) is 5. The van der Waals surface area contributed by atoms with E-state index >= 15 is 0 Å². The van der Waals surface area contributed by atoms with Crippen LogP contribution < -0.4 is 0 Å². The molecule has 0 saturated carbocycles. The van der Waals surface area contributed by atoms with Gasteiger partial charge in [0.15, 0.2) is 0 Å². The van der Waals surface area contributed by atoms with Crippen LogP contribution in [0.2, 0.25) is 5.15 Å². The summed E-state index contributed by atoms with van der Waals surface area (Å²) in [4.78, 5) is 0.0980. The van der Waals surface area contributed by atoms with Gasteiger partial charge in [-0.1, -0.05) is 11.6 Å². The first-order valence-corrected chi connectivity index (χ1v) is 9.45. The van der Waals surface area contributed by atoms with E-state index in [4.69, 9.17) is 11.6 Å². The third kappa shape index (κ3) is 3.02. The Labute approximate surface area is 140 Å². The highest BCUT2D eigenvalue weighted by atomic mass is 35.5. The Bertz CT molecular complexity index is 790. The summed E-state index contributed by atoms with van der Waals surface area (Å²) < 4.78 is 30.3. The highest BCUT2D eigenvalue weighted by molar-refractivity contribution is 7.89. The standard InChI is InChI=1S/C14H20ClN5O2S/c1-3-20-14(15)13(9-17-20)23(21,22)19-6-4-11(5-7-19)12-8-16-18(2)10-12/h8-11H,3-7H2,1-2H3. The largest absolute Gasteiger partial charge is 0.276 e. The molecular formula is C14H20ClN5O2S. The van der Waals surface area contributed by atoms with Gasteiger partial charge in [0.25, 0.3) is 0 Å². The Hall–Kier alpha value is -1.38. The molecule has 1 aliphatic heterocycles. The van der Waals surface area contributed by atoms with Crippen molar-refractivity contribution in [3.63, 3.8) is 0 Å². The minimum Gasteiger partial charge on any atom is -0.276 e. The molecule has 0 unspecified atom stereocenters. The van der Waals surface area contributed by atoms with Gasteiger partial charge in [0.05, 0.1) is 12.4 Å². The lowest BCUT2D eigenvalue weighted by Gasteiger charge is -2.30. The summed E-state index contributed by atoms with van der Waals surface area (Å²) in [5.41, 5.74) is 1.17. The molecule has 23 heavy (non-hydrogen) atoms. The first-order valence-electron chi connectivity index (χ1n) is 7.63. The second-order valence-corrected chi connectivity index (χ2v) is 8.01. The number of rotatable bonds is 4. The smallest absolute Gasteiger partial charge is 0.247 e. The van der Waals surface area contributed by atoms with Crippen LogP contribution in [0.15, 0.2) is 23.5 Å². The van der Waals surface area contributed by atoms with Crippen LogP contribution in [0.4, 0.5) is 0 Å². The van der Waals surface area contributed by atoms with Gasteiger partial charge < -0.3 is 0 Å². The maximum Gasteiger partial charge on any atom is 0.247 e. The van der Waals surface area contributed by atoms with Crippen LogP contribution in [0.25, 0.3) is 0 Å². The van der Waals surface area contributed by atoms with Gasteiger partial charge in [0.1, 0.15) is 10.0 Å². The quantitative estimate of drug-likeness (QED) is 0.837. The average molecular weight is 358 g/mol. The van der Waals surface area contributed by atoms with Crippen LogP contribution in [0.5, 0.6) is 0 Å². The summed E-state index contributed by atoms with van der Waals surface area (Å²) >= 11 is 6.14. The zero-order valence-electron chi connectivity index (χ0n) is 13.2. The fourth-order valence-electron chi connectivity index (χ4n) is 2.97. The Morgan fingerprint density at radius 2 is 1.96 bits per heavy atom. The Morgan fingerprint density at radius 1 is 1.26 bits per heavy atom. The zero-order chi connectivity index (χ0) is 16.6. The van der Waals surface area contributed by atoms with E-state index in [1.54, 1.807) is 4.68 Å². The summed E-state index contributed by atoms with van der Waals surface area (Å²) in [5.74, 6) is 0.351. The molecule has 3 rings (SSSR count). The highest BCUT2D eigenvalue weighted by Crippen LogP contribution is 2.32. The van der Waals surface area contributed by atoms with E-state index in [2.05, 4.69) is 10.2 Å². The molecule has 0 aliphatic carbocycles. The molecule has 0 spiro atoms. The van der Waals surface area contributed by atoms with Gasteiger partial charge in [0.2, 0.25) is 10.0 Å². The van der Waals surface area contributed by atoms with Crippen molar-refractivity contribution in [2.24, 2.45) is 7.05 Å². The van der Waals surface area contributed by atoms with Crippen LogP contribution in [-0.2, 0) is 23.6 Å². The fraction of sp³-hybridized carbons (Fsp3) is 0.571. The molecule has 9 heteroatoms.